The number of nitrogens with two attached hydrogens (primary N) is 1. The normalized spacial score (nSPS) is 10.2. The number of hydrogen-bond donors (Lipinski definition) is 2. The number of phenolic OH excluding ortho intramolecular Hbond substituents is 1. The van der Waals surface area contributed by atoms with Crippen LogP contribution in [-0.4, -0.2) is 11.7 Å². The summed E-state index contributed by atoms with van der Waals surface area (Å²) in [5.74, 6) is 0.340. The molecule has 1 aromatic rings. The lowest BCUT2D eigenvalue weighted by Gasteiger charge is -2.04. The van der Waals surface area contributed by atoms with Crippen LogP contribution in [0.25, 0.3) is 0 Å². The van der Waals surface area contributed by atoms with E-state index in [9.17, 15) is 5.11 Å². The van der Waals surface area contributed by atoms with E-state index in [1.807, 2.05) is 19.1 Å². The van der Waals surface area contributed by atoms with Crippen LogP contribution in [0.4, 0.5) is 0 Å². The molecule has 0 unspecified atom stereocenters. The van der Waals surface area contributed by atoms with Crippen molar-refractivity contribution in [2.45, 2.75) is 19.8 Å². The van der Waals surface area contributed by atoms with E-state index in [0.717, 1.165) is 12.8 Å². The topological polar surface area (TPSA) is 46.2 Å². The molecule has 0 fully saturated rings. The SMILES string of the molecule is Cc1ccc(O)cc1CCCN. The second kappa shape index (κ2) is 4.12. The summed E-state index contributed by atoms with van der Waals surface area (Å²) in [6.45, 7) is 2.75. The molecule has 0 radical (unpaired) electrons. The van der Waals surface area contributed by atoms with Crippen LogP contribution < -0.4 is 5.73 Å². The molecule has 12 heavy (non-hydrogen) atoms. The highest BCUT2D eigenvalue weighted by Gasteiger charge is 1.98. The molecule has 66 valence electrons. The van der Waals surface area contributed by atoms with E-state index in [1.165, 1.54) is 11.1 Å². The van der Waals surface area contributed by atoms with Crippen molar-refractivity contribution in [3.63, 3.8) is 0 Å². The number of phenols is 1. The molecule has 0 spiro atoms. The average molecular weight is 165 g/mol. The van der Waals surface area contributed by atoms with E-state index >= 15 is 0 Å². The summed E-state index contributed by atoms with van der Waals surface area (Å²) < 4.78 is 0. The quantitative estimate of drug-likeness (QED) is 0.714. The Hall–Kier alpha value is -1.02. The maximum absolute atomic E-state index is 9.21. The van der Waals surface area contributed by atoms with Gasteiger partial charge in [-0.25, -0.2) is 0 Å². The first kappa shape index (κ1) is 9.07. The molecule has 2 heteroatoms. The maximum Gasteiger partial charge on any atom is 0.115 e. The fourth-order valence-electron chi connectivity index (χ4n) is 1.22. The van der Waals surface area contributed by atoms with Crippen LogP contribution in [0.1, 0.15) is 17.5 Å². The second-order valence-electron chi connectivity index (χ2n) is 3.00. The highest BCUT2D eigenvalue weighted by Crippen LogP contribution is 2.16. The van der Waals surface area contributed by atoms with Crippen LogP contribution >= 0.6 is 0 Å². The highest BCUT2D eigenvalue weighted by atomic mass is 16.3. The van der Waals surface area contributed by atoms with Crippen LogP contribution in [0.5, 0.6) is 5.75 Å². The predicted octanol–water partition coefficient (Wildman–Crippen LogP) is 1.59. The summed E-state index contributed by atoms with van der Waals surface area (Å²) in [7, 11) is 0. The first-order chi connectivity index (χ1) is 5.74. The van der Waals surface area contributed by atoms with Gasteiger partial charge in [0, 0.05) is 0 Å². The third kappa shape index (κ3) is 2.24. The van der Waals surface area contributed by atoms with Crippen molar-refractivity contribution in [2.75, 3.05) is 6.54 Å². The zero-order valence-electron chi connectivity index (χ0n) is 7.38. The Bertz CT molecular complexity index is 258. The van der Waals surface area contributed by atoms with E-state index in [-0.39, 0.29) is 0 Å². The largest absolute Gasteiger partial charge is 0.508 e. The van der Waals surface area contributed by atoms with Gasteiger partial charge in [0.2, 0.25) is 0 Å². The fraction of sp³-hybridized carbons (Fsp3) is 0.400. The minimum atomic E-state index is 0.340. The Balaban J connectivity index is 2.75. The molecule has 0 saturated carbocycles. The van der Waals surface area contributed by atoms with Gasteiger partial charge in [-0.1, -0.05) is 6.07 Å². The summed E-state index contributed by atoms with van der Waals surface area (Å²) in [6.07, 6.45) is 1.93. The summed E-state index contributed by atoms with van der Waals surface area (Å²) in [5.41, 5.74) is 7.82. The van der Waals surface area contributed by atoms with Gasteiger partial charge < -0.3 is 10.8 Å². The van der Waals surface area contributed by atoms with Crippen molar-refractivity contribution in [3.05, 3.63) is 29.3 Å². The average Bonchev–Trinajstić information content (AvgIpc) is 2.07. The third-order valence-corrected chi connectivity index (χ3v) is 1.98. The van der Waals surface area contributed by atoms with Crippen LogP contribution in [-0.2, 0) is 6.42 Å². The number of rotatable bonds is 3. The predicted molar refractivity (Wildman–Crippen MR) is 50.2 cm³/mol. The summed E-state index contributed by atoms with van der Waals surface area (Å²) in [4.78, 5) is 0. The Labute approximate surface area is 73.0 Å². The van der Waals surface area contributed by atoms with Crippen molar-refractivity contribution in [1.82, 2.24) is 0 Å². The molecule has 0 amide bonds. The lowest BCUT2D eigenvalue weighted by atomic mass is 10.0. The molecular formula is C10H15NO. The van der Waals surface area contributed by atoms with Gasteiger partial charge in [-0.3, -0.25) is 0 Å². The first-order valence-corrected chi connectivity index (χ1v) is 4.22. The van der Waals surface area contributed by atoms with E-state index < -0.39 is 0 Å². The Morgan fingerprint density at radius 1 is 1.42 bits per heavy atom. The van der Waals surface area contributed by atoms with Gasteiger partial charge in [-0.05, 0) is 49.6 Å². The van der Waals surface area contributed by atoms with Crippen molar-refractivity contribution in [2.24, 2.45) is 5.73 Å². The molecule has 0 bridgehead atoms. The summed E-state index contributed by atoms with van der Waals surface area (Å²) in [6, 6.07) is 5.45. The molecule has 1 aromatic carbocycles. The Morgan fingerprint density at radius 3 is 2.83 bits per heavy atom. The molecule has 1 rings (SSSR count). The van der Waals surface area contributed by atoms with Gasteiger partial charge in [-0.2, -0.15) is 0 Å². The lowest BCUT2D eigenvalue weighted by molar-refractivity contribution is 0.474. The van der Waals surface area contributed by atoms with Gasteiger partial charge in [0.1, 0.15) is 5.75 Å². The molecule has 2 nitrogen and oxygen atoms in total. The second-order valence-corrected chi connectivity index (χ2v) is 3.00. The molecule has 0 atom stereocenters. The van der Waals surface area contributed by atoms with Crippen molar-refractivity contribution in [3.8, 4) is 5.75 Å². The summed E-state index contributed by atoms with van der Waals surface area (Å²) >= 11 is 0. The molecule has 0 aromatic heterocycles. The van der Waals surface area contributed by atoms with E-state index in [1.54, 1.807) is 6.07 Å². The van der Waals surface area contributed by atoms with Crippen LogP contribution in [0.15, 0.2) is 18.2 Å². The maximum atomic E-state index is 9.21. The van der Waals surface area contributed by atoms with Gasteiger partial charge >= 0.3 is 0 Å². The summed E-state index contributed by atoms with van der Waals surface area (Å²) in [5, 5.41) is 9.21. The number of benzene rings is 1. The Kier molecular flexibility index (Phi) is 3.11. The van der Waals surface area contributed by atoms with Crippen LogP contribution in [0.3, 0.4) is 0 Å². The standard InChI is InChI=1S/C10H15NO/c1-8-4-5-10(12)7-9(8)3-2-6-11/h4-5,7,12H,2-3,6,11H2,1H3. The smallest absolute Gasteiger partial charge is 0.115 e. The molecular weight excluding hydrogens is 150 g/mol. The molecule has 0 heterocycles. The van der Waals surface area contributed by atoms with Gasteiger partial charge in [0.05, 0.1) is 0 Å². The van der Waals surface area contributed by atoms with E-state index in [2.05, 4.69) is 0 Å². The molecule has 0 saturated heterocycles. The molecule has 0 aliphatic heterocycles. The first-order valence-electron chi connectivity index (χ1n) is 4.22. The molecule has 0 aliphatic rings. The molecule has 0 aliphatic carbocycles. The minimum Gasteiger partial charge on any atom is -0.508 e. The van der Waals surface area contributed by atoms with Crippen molar-refractivity contribution < 1.29 is 5.11 Å². The van der Waals surface area contributed by atoms with Crippen LogP contribution in [0.2, 0.25) is 0 Å². The van der Waals surface area contributed by atoms with Crippen molar-refractivity contribution >= 4 is 0 Å². The van der Waals surface area contributed by atoms with Gasteiger partial charge in [-0.15, -0.1) is 0 Å². The van der Waals surface area contributed by atoms with Gasteiger partial charge in [0.25, 0.3) is 0 Å². The number of aromatic hydroxyl groups is 1. The molecule has 3 N–H and O–H groups in total. The van der Waals surface area contributed by atoms with Crippen molar-refractivity contribution in [1.29, 1.82) is 0 Å². The third-order valence-electron chi connectivity index (χ3n) is 1.98. The zero-order valence-corrected chi connectivity index (χ0v) is 7.38. The highest BCUT2D eigenvalue weighted by molar-refractivity contribution is 5.33. The number of hydrogen-bond acceptors (Lipinski definition) is 2. The van der Waals surface area contributed by atoms with Crippen LogP contribution in [0, 0.1) is 6.92 Å². The van der Waals surface area contributed by atoms with Gasteiger partial charge in [0.15, 0.2) is 0 Å². The Morgan fingerprint density at radius 2 is 2.17 bits per heavy atom. The lowest BCUT2D eigenvalue weighted by Crippen LogP contribution is -2.01. The van der Waals surface area contributed by atoms with E-state index in [0.29, 0.717) is 12.3 Å². The fourth-order valence-corrected chi connectivity index (χ4v) is 1.22. The van der Waals surface area contributed by atoms with E-state index in [4.69, 9.17) is 5.73 Å². The zero-order chi connectivity index (χ0) is 8.97. The minimum absolute atomic E-state index is 0.340. The monoisotopic (exact) mass is 165 g/mol. The number of aryl methyl sites for hydroxylation is 2.